The van der Waals surface area contributed by atoms with Crippen LogP contribution >= 0.6 is 11.3 Å². The highest BCUT2D eigenvalue weighted by Crippen LogP contribution is 2.28. The molecule has 1 atom stereocenters. The summed E-state index contributed by atoms with van der Waals surface area (Å²) in [6.45, 7) is 6.74. The SMILES string of the molecule is COC[C@H](O)CN(Cc1ccccc1)Cc1nc2sc(C(=O)OC(C)C)c(C)c2c(=O)[nH]1. The first-order chi connectivity index (χ1) is 15.3. The van der Waals surface area contributed by atoms with Crippen molar-refractivity contribution in [1.82, 2.24) is 14.9 Å². The molecule has 0 saturated heterocycles. The Labute approximate surface area is 190 Å². The van der Waals surface area contributed by atoms with Crippen molar-refractivity contribution in [3.8, 4) is 0 Å². The molecule has 2 aromatic heterocycles. The van der Waals surface area contributed by atoms with Crippen molar-refractivity contribution < 1.29 is 19.4 Å². The minimum absolute atomic E-state index is 0.208. The van der Waals surface area contributed by atoms with E-state index in [0.717, 1.165) is 16.9 Å². The zero-order valence-electron chi connectivity index (χ0n) is 18.8. The van der Waals surface area contributed by atoms with Gasteiger partial charge >= 0.3 is 5.97 Å². The average molecular weight is 460 g/mol. The number of aromatic amines is 1. The summed E-state index contributed by atoms with van der Waals surface area (Å²) in [4.78, 5) is 35.6. The summed E-state index contributed by atoms with van der Waals surface area (Å²) in [5, 5.41) is 10.7. The second-order valence-corrected chi connectivity index (χ2v) is 8.97. The number of nitrogens with one attached hydrogen (secondary N) is 1. The third-order valence-electron chi connectivity index (χ3n) is 4.83. The number of benzene rings is 1. The van der Waals surface area contributed by atoms with Gasteiger partial charge in [-0.1, -0.05) is 30.3 Å². The van der Waals surface area contributed by atoms with Crippen molar-refractivity contribution >= 4 is 27.5 Å². The standard InChI is InChI=1S/C23H29N3O5S/c1-14(2)31-23(29)20-15(3)19-21(28)24-18(25-22(19)32-20)12-26(11-17(27)13-30-4)10-16-8-6-5-7-9-16/h5-9,14,17,27H,10-13H2,1-4H3,(H,24,25,28)/t17-/m1/s1. The summed E-state index contributed by atoms with van der Waals surface area (Å²) in [6.07, 6.45) is -0.931. The number of carbonyl (C=O) groups excluding carboxylic acids is 1. The van der Waals surface area contributed by atoms with Gasteiger partial charge in [0.05, 0.1) is 30.7 Å². The van der Waals surface area contributed by atoms with Crippen LogP contribution in [0.1, 0.15) is 40.5 Å². The largest absolute Gasteiger partial charge is 0.459 e. The van der Waals surface area contributed by atoms with Crippen molar-refractivity contribution in [2.75, 3.05) is 20.3 Å². The van der Waals surface area contributed by atoms with Crippen molar-refractivity contribution in [3.63, 3.8) is 0 Å². The van der Waals surface area contributed by atoms with E-state index in [1.165, 1.54) is 0 Å². The van der Waals surface area contributed by atoms with Gasteiger partial charge in [-0.15, -0.1) is 11.3 Å². The van der Waals surface area contributed by atoms with Gasteiger partial charge in [-0.05, 0) is 31.9 Å². The lowest BCUT2D eigenvalue weighted by Gasteiger charge is -2.24. The molecule has 0 aliphatic heterocycles. The third-order valence-corrected chi connectivity index (χ3v) is 5.99. The average Bonchev–Trinajstić information content (AvgIpc) is 3.05. The number of thiophene rings is 1. The number of hydrogen-bond donors (Lipinski definition) is 2. The van der Waals surface area contributed by atoms with Crippen molar-refractivity contribution in [2.45, 2.75) is 46.1 Å². The quantitative estimate of drug-likeness (QED) is 0.449. The van der Waals surface area contributed by atoms with Gasteiger partial charge in [-0.25, -0.2) is 9.78 Å². The fourth-order valence-electron chi connectivity index (χ4n) is 3.51. The van der Waals surface area contributed by atoms with Gasteiger partial charge in [-0.3, -0.25) is 9.69 Å². The number of aliphatic hydroxyl groups excluding tert-OH is 1. The number of aliphatic hydroxyl groups is 1. The maximum Gasteiger partial charge on any atom is 0.348 e. The normalized spacial score (nSPS) is 12.6. The summed E-state index contributed by atoms with van der Waals surface area (Å²) in [7, 11) is 1.54. The number of hydrogen-bond acceptors (Lipinski definition) is 8. The highest BCUT2D eigenvalue weighted by molar-refractivity contribution is 7.20. The number of ether oxygens (including phenoxy) is 2. The molecule has 8 nitrogen and oxygen atoms in total. The molecule has 0 unspecified atom stereocenters. The number of aromatic nitrogens is 2. The highest BCUT2D eigenvalue weighted by atomic mass is 32.1. The summed E-state index contributed by atoms with van der Waals surface area (Å²) < 4.78 is 10.4. The molecule has 2 heterocycles. The van der Waals surface area contributed by atoms with Gasteiger partial charge in [0.15, 0.2) is 0 Å². The van der Waals surface area contributed by atoms with Crippen LogP contribution in [0.3, 0.4) is 0 Å². The molecule has 0 aliphatic rings. The molecule has 2 N–H and O–H groups in total. The summed E-state index contributed by atoms with van der Waals surface area (Å²) in [5.41, 5.74) is 1.36. The minimum Gasteiger partial charge on any atom is -0.459 e. The Morgan fingerprint density at radius 3 is 2.62 bits per heavy atom. The molecule has 0 spiro atoms. The molecular formula is C23H29N3O5S. The molecule has 32 heavy (non-hydrogen) atoms. The molecule has 3 rings (SSSR count). The lowest BCUT2D eigenvalue weighted by Crippen LogP contribution is -2.35. The van der Waals surface area contributed by atoms with E-state index in [9.17, 15) is 14.7 Å². The van der Waals surface area contributed by atoms with Crippen LogP contribution in [-0.2, 0) is 22.6 Å². The maximum absolute atomic E-state index is 12.8. The van der Waals surface area contributed by atoms with Crippen LogP contribution in [0.25, 0.3) is 10.2 Å². The van der Waals surface area contributed by atoms with Gasteiger partial charge in [0.1, 0.15) is 15.5 Å². The first-order valence-electron chi connectivity index (χ1n) is 10.4. The monoisotopic (exact) mass is 459 g/mol. The van der Waals surface area contributed by atoms with Gasteiger partial charge in [-0.2, -0.15) is 0 Å². The molecular weight excluding hydrogens is 430 g/mol. The number of esters is 1. The maximum atomic E-state index is 12.8. The van der Waals surface area contributed by atoms with Gasteiger partial charge in [0.25, 0.3) is 5.56 Å². The summed E-state index contributed by atoms with van der Waals surface area (Å²) >= 11 is 1.16. The minimum atomic E-state index is -0.680. The number of aryl methyl sites for hydroxylation is 1. The molecule has 0 fully saturated rings. The van der Waals surface area contributed by atoms with E-state index in [-0.39, 0.29) is 18.3 Å². The van der Waals surface area contributed by atoms with E-state index in [4.69, 9.17) is 9.47 Å². The van der Waals surface area contributed by atoms with E-state index < -0.39 is 12.1 Å². The Hall–Kier alpha value is -2.59. The van der Waals surface area contributed by atoms with E-state index in [2.05, 4.69) is 9.97 Å². The Kier molecular flexibility index (Phi) is 8.14. The van der Waals surface area contributed by atoms with Crippen molar-refractivity contribution in [2.24, 2.45) is 0 Å². The number of rotatable bonds is 10. The van der Waals surface area contributed by atoms with E-state index >= 15 is 0 Å². The zero-order valence-corrected chi connectivity index (χ0v) is 19.6. The predicted molar refractivity (Wildman–Crippen MR) is 124 cm³/mol. The Balaban J connectivity index is 1.89. The van der Waals surface area contributed by atoms with Crippen LogP contribution in [0.4, 0.5) is 0 Å². The predicted octanol–water partition coefficient (Wildman–Crippen LogP) is 2.87. The Bertz CT molecular complexity index is 1110. The van der Waals surface area contributed by atoms with E-state index in [0.29, 0.717) is 46.1 Å². The van der Waals surface area contributed by atoms with Gasteiger partial charge in [0.2, 0.25) is 0 Å². The second kappa shape index (κ2) is 10.8. The third kappa shape index (κ3) is 6.01. The second-order valence-electron chi connectivity index (χ2n) is 7.97. The Morgan fingerprint density at radius 2 is 1.97 bits per heavy atom. The van der Waals surface area contributed by atoms with Crippen LogP contribution in [0, 0.1) is 6.92 Å². The number of nitrogens with zero attached hydrogens (tertiary/aromatic N) is 2. The first-order valence-corrected chi connectivity index (χ1v) is 11.3. The first kappa shape index (κ1) is 24.1. The number of methoxy groups -OCH3 is 1. The van der Waals surface area contributed by atoms with Crippen molar-refractivity contribution in [3.05, 3.63) is 62.5 Å². The van der Waals surface area contributed by atoms with Crippen LogP contribution in [0.2, 0.25) is 0 Å². The van der Waals surface area contributed by atoms with Crippen LogP contribution in [0.5, 0.6) is 0 Å². The molecule has 0 aliphatic carbocycles. The molecule has 0 amide bonds. The van der Waals surface area contributed by atoms with Gasteiger partial charge in [0, 0.05) is 20.2 Å². The zero-order chi connectivity index (χ0) is 23.3. The fourth-order valence-corrected chi connectivity index (χ4v) is 4.59. The number of carbonyl (C=O) groups is 1. The molecule has 0 radical (unpaired) electrons. The number of H-pyrrole nitrogens is 1. The molecule has 172 valence electrons. The van der Waals surface area contributed by atoms with Crippen LogP contribution in [-0.4, -0.2) is 58.4 Å². The molecule has 3 aromatic rings. The van der Waals surface area contributed by atoms with E-state index in [1.807, 2.05) is 35.2 Å². The molecule has 0 bridgehead atoms. The molecule has 9 heteroatoms. The topological polar surface area (TPSA) is 105 Å². The summed E-state index contributed by atoms with van der Waals surface area (Å²) in [6, 6.07) is 9.87. The molecule has 1 aromatic carbocycles. The number of fused-ring (bicyclic) bond motifs is 1. The van der Waals surface area contributed by atoms with E-state index in [1.54, 1.807) is 27.9 Å². The smallest absolute Gasteiger partial charge is 0.348 e. The van der Waals surface area contributed by atoms with Crippen LogP contribution < -0.4 is 5.56 Å². The lowest BCUT2D eigenvalue weighted by molar-refractivity contribution is 0.0332. The summed E-state index contributed by atoms with van der Waals surface area (Å²) in [5.74, 6) is 0.0166. The van der Waals surface area contributed by atoms with Crippen molar-refractivity contribution in [1.29, 1.82) is 0 Å². The van der Waals surface area contributed by atoms with Crippen LogP contribution in [0.15, 0.2) is 35.1 Å². The fraction of sp³-hybridized carbons (Fsp3) is 0.435. The Morgan fingerprint density at radius 1 is 1.25 bits per heavy atom. The molecule has 0 saturated carbocycles. The highest BCUT2D eigenvalue weighted by Gasteiger charge is 2.22. The lowest BCUT2D eigenvalue weighted by atomic mass is 10.2. The van der Waals surface area contributed by atoms with Gasteiger partial charge < -0.3 is 19.6 Å².